The Balaban J connectivity index is 2.14. The standard InChI is InChI=1S/C20H21F3N2O2/c1-3-15-8-4-6-10-17(15)24-19(27)12-13-25(14(2)26)18-11-7-5-9-16(18)20(21,22)23/h4-11H,3,12-13H2,1-2H3,(H,24,27). The molecular weight excluding hydrogens is 357 g/mol. The number of halogens is 3. The van der Waals surface area contributed by atoms with E-state index in [-0.39, 0.29) is 24.6 Å². The third-order valence-electron chi connectivity index (χ3n) is 4.12. The van der Waals surface area contributed by atoms with Crippen molar-refractivity contribution in [3.63, 3.8) is 0 Å². The van der Waals surface area contributed by atoms with Crippen molar-refractivity contribution in [3.05, 3.63) is 59.7 Å². The van der Waals surface area contributed by atoms with Gasteiger partial charge in [-0.05, 0) is 30.2 Å². The van der Waals surface area contributed by atoms with E-state index in [1.165, 1.54) is 25.1 Å². The highest BCUT2D eigenvalue weighted by Crippen LogP contribution is 2.36. The Bertz CT molecular complexity index is 819. The molecule has 0 aliphatic carbocycles. The highest BCUT2D eigenvalue weighted by atomic mass is 19.4. The highest BCUT2D eigenvalue weighted by molar-refractivity contribution is 5.95. The summed E-state index contributed by atoms with van der Waals surface area (Å²) < 4.78 is 39.7. The molecule has 2 aromatic carbocycles. The van der Waals surface area contributed by atoms with Gasteiger partial charge in [-0.3, -0.25) is 9.59 Å². The number of hydrogen-bond acceptors (Lipinski definition) is 2. The van der Waals surface area contributed by atoms with Gasteiger partial charge in [0.15, 0.2) is 0 Å². The van der Waals surface area contributed by atoms with Crippen LogP contribution in [0.5, 0.6) is 0 Å². The average molecular weight is 378 g/mol. The number of carbonyl (C=O) groups excluding carboxylic acids is 2. The number of alkyl halides is 3. The lowest BCUT2D eigenvalue weighted by molar-refractivity contribution is -0.137. The first-order valence-electron chi connectivity index (χ1n) is 8.56. The number of carbonyl (C=O) groups is 2. The molecule has 0 saturated carbocycles. The molecule has 0 fully saturated rings. The van der Waals surface area contributed by atoms with E-state index in [1.54, 1.807) is 12.1 Å². The smallest absolute Gasteiger partial charge is 0.326 e. The molecule has 2 amide bonds. The van der Waals surface area contributed by atoms with E-state index in [1.807, 2.05) is 19.1 Å². The maximum Gasteiger partial charge on any atom is 0.418 e. The van der Waals surface area contributed by atoms with Gasteiger partial charge in [0, 0.05) is 25.6 Å². The molecule has 2 aromatic rings. The molecule has 0 saturated heterocycles. The van der Waals surface area contributed by atoms with Crippen LogP contribution in [0.1, 0.15) is 31.4 Å². The first-order chi connectivity index (χ1) is 12.7. The topological polar surface area (TPSA) is 49.4 Å². The van der Waals surface area contributed by atoms with Crippen LogP contribution in [-0.4, -0.2) is 18.4 Å². The van der Waals surface area contributed by atoms with Crippen molar-refractivity contribution in [2.45, 2.75) is 32.9 Å². The van der Waals surface area contributed by atoms with Crippen LogP contribution in [0.3, 0.4) is 0 Å². The number of hydrogen-bond donors (Lipinski definition) is 1. The number of aryl methyl sites for hydroxylation is 1. The molecule has 0 atom stereocenters. The van der Waals surface area contributed by atoms with E-state index in [9.17, 15) is 22.8 Å². The lowest BCUT2D eigenvalue weighted by Gasteiger charge is -2.24. The third-order valence-corrected chi connectivity index (χ3v) is 4.12. The predicted octanol–water partition coefficient (Wildman–Crippen LogP) is 4.65. The van der Waals surface area contributed by atoms with Crippen molar-refractivity contribution in [2.75, 3.05) is 16.8 Å². The van der Waals surface area contributed by atoms with Crippen molar-refractivity contribution in [3.8, 4) is 0 Å². The maximum atomic E-state index is 13.2. The molecule has 1 N–H and O–H groups in total. The monoisotopic (exact) mass is 378 g/mol. The van der Waals surface area contributed by atoms with E-state index in [4.69, 9.17) is 0 Å². The molecule has 0 aromatic heterocycles. The number of rotatable bonds is 6. The normalized spacial score (nSPS) is 11.1. The lowest BCUT2D eigenvalue weighted by atomic mass is 10.1. The van der Waals surface area contributed by atoms with Crippen LogP contribution in [0.15, 0.2) is 48.5 Å². The molecule has 0 spiro atoms. The first kappa shape index (κ1) is 20.5. The van der Waals surface area contributed by atoms with Gasteiger partial charge in [0.25, 0.3) is 0 Å². The Morgan fingerprint density at radius 2 is 1.67 bits per heavy atom. The zero-order valence-electron chi connectivity index (χ0n) is 15.1. The van der Waals surface area contributed by atoms with Gasteiger partial charge in [0.1, 0.15) is 0 Å². The van der Waals surface area contributed by atoms with Gasteiger partial charge in [-0.25, -0.2) is 0 Å². The summed E-state index contributed by atoms with van der Waals surface area (Å²) in [5, 5.41) is 2.75. The van der Waals surface area contributed by atoms with Gasteiger partial charge in [0.05, 0.1) is 11.3 Å². The summed E-state index contributed by atoms with van der Waals surface area (Å²) in [4.78, 5) is 25.2. The molecule has 2 rings (SSSR count). The number of para-hydroxylation sites is 2. The zero-order valence-corrected chi connectivity index (χ0v) is 15.1. The molecule has 27 heavy (non-hydrogen) atoms. The Kier molecular flexibility index (Phi) is 6.60. The molecule has 0 unspecified atom stereocenters. The number of amides is 2. The largest absolute Gasteiger partial charge is 0.418 e. The summed E-state index contributed by atoms with van der Waals surface area (Å²) in [5.41, 5.74) is 0.461. The van der Waals surface area contributed by atoms with Crippen LogP contribution in [0.2, 0.25) is 0 Å². The summed E-state index contributed by atoms with van der Waals surface area (Å²) in [6, 6.07) is 12.1. The second kappa shape index (κ2) is 8.70. The van der Waals surface area contributed by atoms with Crippen molar-refractivity contribution in [1.29, 1.82) is 0 Å². The minimum Gasteiger partial charge on any atom is -0.326 e. The molecule has 4 nitrogen and oxygen atoms in total. The quantitative estimate of drug-likeness (QED) is 0.796. The van der Waals surface area contributed by atoms with E-state index in [0.717, 1.165) is 23.0 Å². The van der Waals surface area contributed by atoms with E-state index < -0.39 is 17.6 Å². The molecule has 0 aliphatic rings. The molecule has 0 bridgehead atoms. The molecule has 0 heterocycles. The average Bonchev–Trinajstić information content (AvgIpc) is 2.61. The van der Waals surface area contributed by atoms with E-state index >= 15 is 0 Å². The zero-order chi connectivity index (χ0) is 20.0. The van der Waals surface area contributed by atoms with Crippen molar-refractivity contribution in [2.24, 2.45) is 0 Å². The van der Waals surface area contributed by atoms with Crippen LogP contribution in [-0.2, 0) is 22.2 Å². The Hall–Kier alpha value is -2.83. The van der Waals surface area contributed by atoms with Crippen molar-refractivity contribution in [1.82, 2.24) is 0 Å². The van der Waals surface area contributed by atoms with Gasteiger partial charge in [0.2, 0.25) is 11.8 Å². The summed E-state index contributed by atoms with van der Waals surface area (Å²) in [7, 11) is 0. The second-order valence-electron chi connectivity index (χ2n) is 5.99. The van der Waals surface area contributed by atoms with Gasteiger partial charge in [-0.2, -0.15) is 13.2 Å². The summed E-state index contributed by atoms with van der Waals surface area (Å²) >= 11 is 0. The summed E-state index contributed by atoms with van der Waals surface area (Å²) in [6.07, 6.45) is -3.98. The Morgan fingerprint density at radius 3 is 2.30 bits per heavy atom. The second-order valence-corrected chi connectivity index (χ2v) is 5.99. The fourth-order valence-corrected chi connectivity index (χ4v) is 2.77. The van der Waals surface area contributed by atoms with Crippen LogP contribution in [0.25, 0.3) is 0 Å². The number of benzene rings is 2. The molecule has 144 valence electrons. The van der Waals surface area contributed by atoms with E-state index in [2.05, 4.69) is 5.32 Å². The molecular formula is C20H21F3N2O2. The van der Waals surface area contributed by atoms with Crippen molar-refractivity contribution < 1.29 is 22.8 Å². The third kappa shape index (κ3) is 5.32. The Labute approximate surface area is 156 Å². The number of nitrogens with zero attached hydrogens (tertiary/aromatic N) is 1. The van der Waals surface area contributed by atoms with Gasteiger partial charge >= 0.3 is 6.18 Å². The predicted molar refractivity (Wildman–Crippen MR) is 98.5 cm³/mol. The highest BCUT2D eigenvalue weighted by Gasteiger charge is 2.35. The first-order valence-corrected chi connectivity index (χ1v) is 8.56. The van der Waals surface area contributed by atoms with Crippen molar-refractivity contribution >= 4 is 23.2 Å². The van der Waals surface area contributed by atoms with Crippen LogP contribution < -0.4 is 10.2 Å². The number of anilines is 2. The van der Waals surface area contributed by atoms with Gasteiger partial charge in [-0.15, -0.1) is 0 Å². The lowest BCUT2D eigenvalue weighted by Crippen LogP contribution is -2.33. The van der Waals surface area contributed by atoms with Crippen LogP contribution >= 0.6 is 0 Å². The number of nitrogens with one attached hydrogen (secondary N) is 1. The molecule has 7 heteroatoms. The summed E-state index contributed by atoms with van der Waals surface area (Å²) in [5.74, 6) is -0.930. The summed E-state index contributed by atoms with van der Waals surface area (Å²) in [6.45, 7) is 2.98. The van der Waals surface area contributed by atoms with Gasteiger partial charge in [-0.1, -0.05) is 37.3 Å². The Morgan fingerprint density at radius 1 is 1.04 bits per heavy atom. The fraction of sp³-hybridized carbons (Fsp3) is 0.300. The van der Waals surface area contributed by atoms with Crippen LogP contribution in [0.4, 0.5) is 24.5 Å². The minimum absolute atomic E-state index is 0.121. The maximum absolute atomic E-state index is 13.2. The molecule has 0 radical (unpaired) electrons. The minimum atomic E-state index is -4.59. The van der Waals surface area contributed by atoms with E-state index in [0.29, 0.717) is 5.69 Å². The van der Waals surface area contributed by atoms with Gasteiger partial charge < -0.3 is 10.2 Å². The molecule has 0 aliphatic heterocycles. The fourth-order valence-electron chi connectivity index (χ4n) is 2.77. The SMILES string of the molecule is CCc1ccccc1NC(=O)CCN(C(C)=O)c1ccccc1C(F)(F)F. The van der Waals surface area contributed by atoms with Crippen LogP contribution in [0, 0.1) is 0 Å².